The average Bonchev–Trinajstić information content (AvgIpc) is 3.25. The van der Waals surface area contributed by atoms with Gasteiger partial charge >= 0.3 is 5.97 Å². The fourth-order valence-corrected chi connectivity index (χ4v) is 5.11. The Morgan fingerprint density at radius 3 is 2.65 bits per heavy atom. The van der Waals surface area contributed by atoms with Crippen LogP contribution in [0.1, 0.15) is 9.67 Å². The Hall–Kier alpha value is -3.21. The van der Waals surface area contributed by atoms with E-state index in [0.717, 1.165) is 47.8 Å². The SMILES string of the molecule is COC(=O)c1sc2ccccc2c1Nc1nc(Nc2ccc(N3CCOCC3)cc2)ncc1Br. The highest BCUT2D eigenvalue weighted by atomic mass is 79.9. The van der Waals surface area contributed by atoms with Gasteiger partial charge in [-0.1, -0.05) is 18.2 Å². The minimum atomic E-state index is -0.396. The van der Waals surface area contributed by atoms with E-state index in [0.29, 0.717) is 26.8 Å². The van der Waals surface area contributed by atoms with Crippen molar-refractivity contribution in [2.45, 2.75) is 0 Å². The zero-order chi connectivity index (χ0) is 23.5. The molecule has 174 valence electrons. The van der Waals surface area contributed by atoms with E-state index in [-0.39, 0.29) is 0 Å². The standard InChI is InChI=1S/C24H22BrN5O3S/c1-32-23(31)21-20(17-4-2-3-5-19(17)34-21)28-22-18(25)14-26-24(29-22)27-15-6-8-16(9-7-15)30-10-12-33-13-11-30/h2-9,14H,10-13H2,1H3,(H2,26,27,28,29). The van der Waals surface area contributed by atoms with Crippen LogP contribution in [0, 0.1) is 0 Å². The third-order valence-corrected chi connectivity index (χ3v) is 7.18. The van der Waals surface area contributed by atoms with Crippen molar-refractivity contribution in [3.8, 4) is 0 Å². The van der Waals surface area contributed by atoms with Crippen molar-refractivity contribution >= 4 is 72.2 Å². The topological polar surface area (TPSA) is 88.6 Å². The average molecular weight is 540 g/mol. The van der Waals surface area contributed by atoms with Crippen LogP contribution in [0.3, 0.4) is 0 Å². The number of halogens is 1. The van der Waals surface area contributed by atoms with E-state index >= 15 is 0 Å². The number of anilines is 5. The minimum Gasteiger partial charge on any atom is -0.465 e. The summed E-state index contributed by atoms with van der Waals surface area (Å²) in [5.74, 6) is 0.577. The smallest absolute Gasteiger partial charge is 0.350 e. The van der Waals surface area contributed by atoms with Gasteiger partial charge in [0.15, 0.2) is 0 Å². The van der Waals surface area contributed by atoms with Gasteiger partial charge in [0, 0.05) is 40.7 Å². The van der Waals surface area contributed by atoms with E-state index in [1.165, 1.54) is 18.4 Å². The highest BCUT2D eigenvalue weighted by Crippen LogP contribution is 2.39. The second-order valence-electron chi connectivity index (χ2n) is 7.58. The Morgan fingerprint density at radius 1 is 1.12 bits per heavy atom. The number of hydrogen-bond donors (Lipinski definition) is 2. The van der Waals surface area contributed by atoms with Gasteiger partial charge in [0.1, 0.15) is 10.7 Å². The van der Waals surface area contributed by atoms with Crippen LogP contribution >= 0.6 is 27.3 Å². The zero-order valence-electron chi connectivity index (χ0n) is 18.4. The maximum absolute atomic E-state index is 12.4. The lowest BCUT2D eigenvalue weighted by atomic mass is 10.2. The highest BCUT2D eigenvalue weighted by molar-refractivity contribution is 9.10. The lowest BCUT2D eigenvalue weighted by Crippen LogP contribution is -2.36. The van der Waals surface area contributed by atoms with Crippen molar-refractivity contribution in [3.05, 3.63) is 64.1 Å². The molecule has 1 saturated heterocycles. The van der Waals surface area contributed by atoms with Crippen molar-refractivity contribution < 1.29 is 14.3 Å². The number of nitrogens with one attached hydrogen (secondary N) is 2. The van der Waals surface area contributed by atoms with Gasteiger partial charge in [0.2, 0.25) is 5.95 Å². The predicted molar refractivity (Wildman–Crippen MR) is 139 cm³/mol. The summed E-state index contributed by atoms with van der Waals surface area (Å²) in [7, 11) is 1.38. The molecule has 2 aromatic heterocycles. The molecule has 1 aliphatic heterocycles. The summed E-state index contributed by atoms with van der Waals surface area (Å²) in [5.41, 5.74) is 2.70. The number of hydrogen-bond acceptors (Lipinski definition) is 9. The van der Waals surface area contributed by atoms with Crippen molar-refractivity contribution in [2.24, 2.45) is 0 Å². The number of esters is 1. The molecular formula is C24H22BrN5O3S. The number of carbonyl (C=O) groups excluding carboxylic acids is 1. The monoisotopic (exact) mass is 539 g/mol. The van der Waals surface area contributed by atoms with Gasteiger partial charge < -0.3 is 25.0 Å². The molecule has 0 spiro atoms. The Balaban J connectivity index is 1.39. The second kappa shape index (κ2) is 9.96. The third-order valence-electron chi connectivity index (χ3n) is 5.45. The number of methoxy groups -OCH3 is 1. The number of morpholine rings is 1. The summed E-state index contributed by atoms with van der Waals surface area (Å²) in [5, 5.41) is 7.48. The van der Waals surface area contributed by atoms with Crippen LogP contribution in [0.4, 0.5) is 28.8 Å². The zero-order valence-corrected chi connectivity index (χ0v) is 20.8. The predicted octanol–water partition coefficient (Wildman–Crippen LogP) is 5.56. The van der Waals surface area contributed by atoms with Gasteiger partial charge in [0.25, 0.3) is 0 Å². The van der Waals surface area contributed by atoms with Crippen LogP contribution in [-0.4, -0.2) is 49.4 Å². The van der Waals surface area contributed by atoms with Crippen LogP contribution in [0.5, 0.6) is 0 Å². The number of ether oxygens (including phenoxy) is 2. The number of thiophene rings is 1. The summed E-state index contributed by atoms with van der Waals surface area (Å²) < 4.78 is 12.1. The molecular weight excluding hydrogens is 518 g/mol. The number of nitrogens with zero attached hydrogens (tertiary/aromatic N) is 3. The Kier molecular flexibility index (Phi) is 6.61. The number of rotatable bonds is 6. The Bertz CT molecular complexity index is 1320. The molecule has 0 radical (unpaired) electrons. The molecule has 2 aromatic carbocycles. The summed E-state index contributed by atoms with van der Waals surface area (Å²) in [4.78, 5) is 24.2. The first-order valence-electron chi connectivity index (χ1n) is 10.7. The van der Waals surface area contributed by atoms with Crippen molar-refractivity contribution in [2.75, 3.05) is 48.9 Å². The Morgan fingerprint density at radius 2 is 1.88 bits per heavy atom. The van der Waals surface area contributed by atoms with E-state index in [4.69, 9.17) is 9.47 Å². The minimum absolute atomic E-state index is 0.396. The van der Waals surface area contributed by atoms with Gasteiger partial charge in [-0.25, -0.2) is 9.78 Å². The first-order valence-corrected chi connectivity index (χ1v) is 12.3. The van der Waals surface area contributed by atoms with Gasteiger partial charge in [-0.15, -0.1) is 11.3 Å². The molecule has 1 aliphatic rings. The molecule has 5 rings (SSSR count). The lowest BCUT2D eigenvalue weighted by Gasteiger charge is -2.28. The second-order valence-corrected chi connectivity index (χ2v) is 9.49. The molecule has 0 aliphatic carbocycles. The van der Waals surface area contributed by atoms with E-state index in [9.17, 15) is 4.79 Å². The Labute approximate surface area is 209 Å². The van der Waals surface area contributed by atoms with E-state index in [1.807, 2.05) is 36.4 Å². The molecule has 10 heteroatoms. The molecule has 0 saturated carbocycles. The molecule has 4 aromatic rings. The molecule has 8 nitrogen and oxygen atoms in total. The summed E-state index contributed by atoms with van der Waals surface area (Å²) in [6.07, 6.45) is 1.67. The first-order chi connectivity index (χ1) is 16.6. The molecule has 0 amide bonds. The fourth-order valence-electron chi connectivity index (χ4n) is 3.75. The maximum Gasteiger partial charge on any atom is 0.350 e. The first kappa shape index (κ1) is 22.6. The summed E-state index contributed by atoms with van der Waals surface area (Å²) in [6.45, 7) is 3.28. The molecule has 3 heterocycles. The lowest BCUT2D eigenvalue weighted by molar-refractivity contribution is 0.0607. The van der Waals surface area contributed by atoms with Crippen molar-refractivity contribution in [3.63, 3.8) is 0 Å². The molecule has 2 N–H and O–H groups in total. The normalized spacial score (nSPS) is 13.6. The number of aromatic nitrogens is 2. The summed E-state index contributed by atoms with van der Waals surface area (Å²) >= 11 is 4.89. The van der Waals surface area contributed by atoms with Gasteiger partial charge in [-0.2, -0.15) is 4.98 Å². The molecule has 1 fully saturated rings. The van der Waals surface area contributed by atoms with E-state index in [2.05, 4.69) is 53.6 Å². The fraction of sp³-hybridized carbons (Fsp3) is 0.208. The van der Waals surface area contributed by atoms with Crippen LogP contribution in [0.15, 0.2) is 59.2 Å². The van der Waals surface area contributed by atoms with Crippen molar-refractivity contribution in [1.82, 2.24) is 9.97 Å². The summed E-state index contributed by atoms with van der Waals surface area (Å²) in [6, 6.07) is 16.0. The molecule has 0 bridgehead atoms. The highest BCUT2D eigenvalue weighted by Gasteiger charge is 2.20. The van der Waals surface area contributed by atoms with E-state index < -0.39 is 5.97 Å². The molecule has 34 heavy (non-hydrogen) atoms. The van der Waals surface area contributed by atoms with Crippen LogP contribution in [0.25, 0.3) is 10.1 Å². The van der Waals surface area contributed by atoms with Crippen LogP contribution in [-0.2, 0) is 9.47 Å². The van der Waals surface area contributed by atoms with Gasteiger partial charge in [0.05, 0.1) is 30.5 Å². The molecule has 0 atom stereocenters. The van der Waals surface area contributed by atoms with Gasteiger partial charge in [-0.3, -0.25) is 0 Å². The van der Waals surface area contributed by atoms with Crippen LogP contribution < -0.4 is 15.5 Å². The van der Waals surface area contributed by atoms with E-state index in [1.54, 1.807) is 6.20 Å². The van der Waals surface area contributed by atoms with Crippen molar-refractivity contribution in [1.29, 1.82) is 0 Å². The number of carbonyl (C=O) groups is 1. The number of fused-ring (bicyclic) bond motifs is 1. The number of benzene rings is 2. The van der Waals surface area contributed by atoms with Gasteiger partial charge in [-0.05, 0) is 46.3 Å². The largest absolute Gasteiger partial charge is 0.465 e. The quantitative estimate of drug-likeness (QED) is 0.307. The molecule has 0 unspecified atom stereocenters. The van der Waals surface area contributed by atoms with Crippen LogP contribution in [0.2, 0.25) is 0 Å². The maximum atomic E-state index is 12.4. The third kappa shape index (κ3) is 4.70.